The second-order valence-corrected chi connectivity index (χ2v) is 7.60. The van der Waals surface area contributed by atoms with Crippen molar-refractivity contribution in [1.29, 1.82) is 0 Å². The highest BCUT2D eigenvalue weighted by atomic mass is 16.5. The van der Waals surface area contributed by atoms with Gasteiger partial charge in [0.1, 0.15) is 35.9 Å². The first-order chi connectivity index (χ1) is 15.4. The Bertz CT molecular complexity index is 1070. The highest BCUT2D eigenvalue weighted by Gasteiger charge is 2.25. The zero-order valence-corrected chi connectivity index (χ0v) is 19.0. The topological polar surface area (TPSA) is 91.7 Å². The van der Waals surface area contributed by atoms with Gasteiger partial charge in [-0.1, -0.05) is 6.92 Å². The van der Waals surface area contributed by atoms with Gasteiger partial charge < -0.3 is 23.9 Å². The number of nitrogens with zero attached hydrogens (tertiary/aromatic N) is 3. The van der Waals surface area contributed by atoms with Crippen LogP contribution in [0.5, 0.6) is 5.75 Å². The van der Waals surface area contributed by atoms with Crippen LogP contribution in [0.2, 0.25) is 0 Å². The van der Waals surface area contributed by atoms with Crippen LogP contribution in [0, 0.1) is 0 Å². The number of benzene rings is 1. The van der Waals surface area contributed by atoms with E-state index in [2.05, 4.69) is 9.97 Å². The largest absolute Gasteiger partial charge is 0.492 e. The molecule has 0 aliphatic heterocycles. The number of ether oxygens (including phenoxy) is 1. The van der Waals surface area contributed by atoms with E-state index in [9.17, 15) is 9.59 Å². The molecule has 1 aromatic carbocycles. The maximum Gasteiger partial charge on any atom is 0.271 e. The second kappa shape index (κ2) is 10.7. The lowest BCUT2D eigenvalue weighted by Crippen LogP contribution is -2.32. The van der Waals surface area contributed by atoms with Gasteiger partial charge in [0.2, 0.25) is 11.8 Å². The minimum absolute atomic E-state index is 0.0248. The van der Waals surface area contributed by atoms with E-state index < -0.39 is 0 Å². The predicted molar refractivity (Wildman–Crippen MR) is 124 cm³/mol. The maximum absolute atomic E-state index is 12.3. The molecule has 1 unspecified atom stereocenters. The summed E-state index contributed by atoms with van der Waals surface area (Å²) in [6.07, 6.45) is 3.82. The molecule has 1 atom stereocenters. The number of nitrogens with one attached hydrogen (secondary N) is 1. The van der Waals surface area contributed by atoms with E-state index >= 15 is 0 Å². The van der Waals surface area contributed by atoms with Crippen LogP contribution in [-0.2, 0) is 4.79 Å². The quantitative estimate of drug-likeness (QED) is 0.521. The number of pyridine rings is 1. The summed E-state index contributed by atoms with van der Waals surface area (Å²) in [7, 11) is 3.45. The molecular weight excluding hydrogens is 408 g/mol. The molecule has 0 radical (unpaired) electrons. The minimum atomic E-state index is -0.389. The minimum Gasteiger partial charge on any atom is -0.492 e. The summed E-state index contributed by atoms with van der Waals surface area (Å²) in [5.74, 6) is 0.741. The third-order valence-electron chi connectivity index (χ3n) is 5.27. The SMILES string of the molecule is CCC(C(=O)N(C)C)c1nc(-c2ccc(OCCN(CC)c3ccc[nH]c3=O)cc2)co1. The van der Waals surface area contributed by atoms with Crippen molar-refractivity contribution in [2.75, 3.05) is 38.7 Å². The van der Waals surface area contributed by atoms with Crippen LogP contribution >= 0.6 is 0 Å². The summed E-state index contributed by atoms with van der Waals surface area (Å²) in [5, 5.41) is 0. The molecule has 1 N–H and O–H groups in total. The molecule has 8 heteroatoms. The number of H-pyrrole nitrogens is 1. The summed E-state index contributed by atoms with van der Waals surface area (Å²) in [4.78, 5) is 35.1. The van der Waals surface area contributed by atoms with E-state index in [1.54, 1.807) is 37.5 Å². The van der Waals surface area contributed by atoms with Crippen LogP contribution in [-0.4, -0.2) is 54.6 Å². The first-order valence-electron chi connectivity index (χ1n) is 10.8. The van der Waals surface area contributed by atoms with Crippen molar-refractivity contribution in [3.63, 3.8) is 0 Å². The number of aromatic nitrogens is 2. The number of carbonyl (C=O) groups excluding carboxylic acids is 1. The molecule has 0 aliphatic carbocycles. The Morgan fingerprint density at radius 3 is 2.56 bits per heavy atom. The van der Waals surface area contributed by atoms with Gasteiger partial charge in [-0.15, -0.1) is 0 Å². The third-order valence-corrected chi connectivity index (χ3v) is 5.27. The number of hydrogen-bond acceptors (Lipinski definition) is 6. The van der Waals surface area contributed by atoms with E-state index in [1.165, 1.54) is 0 Å². The van der Waals surface area contributed by atoms with Crippen molar-refractivity contribution in [2.45, 2.75) is 26.2 Å². The van der Waals surface area contributed by atoms with Crippen molar-refractivity contribution in [3.05, 3.63) is 65.1 Å². The monoisotopic (exact) mass is 438 g/mol. The fraction of sp³-hybridized carbons (Fsp3) is 0.375. The van der Waals surface area contributed by atoms with E-state index in [0.717, 1.165) is 11.3 Å². The average Bonchev–Trinajstić information content (AvgIpc) is 3.28. The van der Waals surface area contributed by atoms with Crippen LogP contribution < -0.4 is 15.2 Å². The van der Waals surface area contributed by atoms with E-state index in [1.807, 2.05) is 49.1 Å². The average molecular weight is 439 g/mol. The van der Waals surface area contributed by atoms with Gasteiger partial charge in [-0.05, 0) is 49.7 Å². The van der Waals surface area contributed by atoms with Crippen LogP contribution in [0.1, 0.15) is 32.1 Å². The van der Waals surface area contributed by atoms with Crippen molar-refractivity contribution < 1.29 is 13.9 Å². The molecule has 0 aliphatic rings. The van der Waals surface area contributed by atoms with E-state index in [4.69, 9.17) is 9.15 Å². The Balaban J connectivity index is 1.61. The number of anilines is 1. The number of carbonyl (C=O) groups is 1. The van der Waals surface area contributed by atoms with Crippen LogP contribution in [0.15, 0.2) is 58.1 Å². The summed E-state index contributed by atoms with van der Waals surface area (Å²) < 4.78 is 11.5. The smallest absolute Gasteiger partial charge is 0.271 e. The zero-order valence-electron chi connectivity index (χ0n) is 19.0. The molecule has 3 rings (SSSR count). The lowest BCUT2D eigenvalue weighted by Gasteiger charge is -2.22. The standard InChI is InChI=1S/C24H30N4O4/c1-5-19(24(30)27(3)4)23-26-20(16-32-23)17-9-11-18(12-10-17)31-15-14-28(6-2)21-8-7-13-25-22(21)29/h7-13,16,19H,5-6,14-15H2,1-4H3,(H,25,29). The first kappa shape index (κ1) is 23.1. The molecule has 0 saturated carbocycles. The van der Waals surface area contributed by atoms with Gasteiger partial charge in [0.25, 0.3) is 5.56 Å². The van der Waals surface area contributed by atoms with Gasteiger partial charge in [-0.25, -0.2) is 4.98 Å². The summed E-state index contributed by atoms with van der Waals surface area (Å²) in [6.45, 7) is 5.69. The fourth-order valence-corrected chi connectivity index (χ4v) is 3.45. The summed E-state index contributed by atoms with van der Waals surface area (Å²) >= 11 is 0. The molecule has 0 saturated heterocycles. The van der Waals surface area contributed by atoms with Gasteiger partial charge in [0.05, 0.1) is 6.54 Å². The summed E-state index contributed by atoms with van der Waals surface area (Å²) in [6, 6.07) is 11.2. The molecule has 2 heterocycles. The van der Waals surface area contributed by atoms with Crippen molar-refractivity contribution >= 4 is 11.6 Å². The van der Waals surface area contributed by atoms with Gasteiger partial charge in [0, 0.05) is 32.4 Å². The number of hydrogen-bond donors (Lipinski definition) is 1. The highest BCUT2D eigenvalue weighted by molar-refractivity contribution is 5.82. The molecule has 170 valence electrons. The summed E-state index contributed by atoms with van der Waals surface area (Å²) in [5.41, 5.74) is 2.08. The van der Waals surface area contributed by atoms with E-state index in [-0.39, 0.29) is 17.4 Å². The molecule has 8 nitrogen and oxygen atoms in total. The molecule has 2 aromatic heterocycles. The number of amides is 1. The Kier molecular flexibility index (Phi) is 7.70. The highest BCUT2D eigenvalue weighted by Crippen LogP contribution is 2.26. The molecule has 0 spiro atoms. The number of aromatic amines is 1. The molecular formula is C24H30N4O4. The van der Waals surface area contributed by atoms with Crippen molar-refractivity contribution in [1.82, 2.24) is 14.9 Å². The molecule has 0 fully saturated rings. The van der Waals surface area contributed by atoms with Gasteiger partial charge in [-0.3, -0.25) is 9.59 Å². The Hall–Kier alpha value is -3.55. The molecule has 3 aromatic rings. The van der Waals surface area contributed by atoms with Crippen LogP contribution in [0.4, 0.5) is 5.69 Å². The molecule has 32 heavy (non-hydrogen) atoms. The third kappa shape index (κ3) is 5.38. The number of oxazole rings is 1. The molecule has 1 amide bonds. The Morgan fingerprint density at radius 2 is 1.94 bits per heavy atom. The number of likely N-dealkylation sites (N-methyl/N-ethyl adjacent to an activating group) is 2. The number of rotatable bonds is 10. The lowest BCUT2D eigenvalue weighted by molar-refractivity contribution is -0.130. The van der Waals surface area contributed by atoms with Crippen molar-refractivity contribution in [2.24, 2.45) is 0 Å². The van der Waals surface area contributed by atoms with Crippen LogP contribution in [0.25, 0.3) is 11.3 Å². The fourth-order valence-electron chi connectivity index (χ4n) is 3.45. The maximum atomic E-state index is 12.3. The van der Waals surface area contributed by atoms with Crippen LogP contribution in [0.3, 0.4) is 0 Å². The van der Waals surface area contributed by atoms with Gasteiger partial charge in [-0.2, -0.15) is 0 Å². The zero-order chi connectivity index (χ0) is 23.1. The van der Waals surface area contributed by atoms with E-state index in [0.29, 0.717) is 43.4 Å². The van der Waals surface area contributed by atoms with Gasteiger partial charge >= 0.3 is 0 Å². The molecule has 0 bridgehead atoms. The lowest BCUT2D eigenvalue weighted by atomic mass is 10.1. The second-order valence-electron chi connectivity index (χ2n) is 7.60. The Morgan fingerprint density at radius 1 is 1.19 bits per heavy atom. The normalized spacial score (nSPS) is 11.8. The Labute approximate surface area is 187 Å². The predicted octanol–water partition coefficient (Wildman–Crippen LogP) is 3.52. The van der Waals surface area contributed by atoms with Crippen molar-refractivity contribution in [3.8, 4) is 17.0 Å². The van der Waals surface area contributed by atoms with Gasteiger partial charge in [0.15, 0.2) is 0 Å². The first-order valence-corrected chi connectivity index (χ1v) is 10.8.